The second-order valence-corrected chi connectivity index (χ2v) is 7.68. The molecule has 0 radical (unpaired) electrons. The standard InChI is InChI=1S/C18H21NO5S/c1-22-16-4-2-3-14(11-16)8-10-25(20,21)19-9-7-15-5-6-17-18(12-15)24-13-23-17/h2-6,11-12,19H,7-10,13H2,1H3. The number of fused-ring (bicyclic) bond motifs is 1. The molecule has 0 aromatic heterocycles. The van der Waals surface area contributed by atoms with Gasteiger partial charge in [-0.15, -0.1) is 0 Å². The molecule has 0 bridgehead atoms. The SMILES string of the molecule is COc1cccc(CCS(=O)(=O)NCCc2ccc3c(c2)OCO3)c1. The lowest BCUT2D eigenvalue weighted by atomic mass is 10.1. The average Bonchev–Trinajstić information content (AvgIpc) is 3.08. The van der Waals surface area contributed by atoms with E-state index in [1.165, 1.54) is 0 Å². The van der Waals surface area contributed by atoms with Crippen LogP contribution in [0.15, 0.2) is 42.5 Å². The molecule has 0 unspecified atom stereocenters. The molecule has 1 aliphatic rings. The van der Waals surface area contributed by atoms with Gasteiger partial charge in [0, 0.05) is 6.54 Å². The van der Waals surface area contributed by atoms with Gasteiger partial charge in [-0.05, 0) is 48.2 Å². The van der Waals surface area contributed by atoms with Crippen LogP contribution in [0.2, 0.25) is 0 Å². The maximum absolute atomic E-state index is 12.1. The molecule has 1 N–H and O–H groups in total. The highest BCUT2D eigenvalue weighted by Crippen LogP contribution is 2.32. The van der Waals surface area contributed by atoms with E-state index in [1.807, 2.05) is 42.5 Å². The number of nitrogens with one attached hydrogen (secondary N) is 1. The maximum atomic E-state index is 12.1. The molecule has 0 fully saturated rings. The minimum absolute atomic E-state index is 0.0430. The summed E-state index contributed by atoms with van der Waals surface area (Å²) in [5.41, 5.74) is 1.93. The van der Waals surface area contributed by atoms with Crippen molar-refractivity contribution < 1.29 is 22.6 Å². The zero-order valence-corrected chi connectivity index (χ0v) is 14.8. The second-order valence-electron chi connectivity index (χ2n) is 5.75. The summed E-state index contributed by atoms with van der Waals surface area (Å²) in [4.78, 5) is 0. The Bertz CT molecular complexity index is 835. The monoisotopic (exact) mass is 363 g/mol. The van der Waals surface area contributed by atoms with Crippen molar-refractivity contribution in [1.29, 1.82) is 0 Å². The zero-order chi connectivity index (χ0) is 17.7. The van der Waals surface area contributed by atoms with Crippen molar-refractivity contribution in [2.45, 2.75) is 12.8 Å². The molecule has 0 atom stereocenters. The molecule has 0 spiro atoms. The van der Waals surface area contributed by atoms with Gasteiger partial charge >= 0.3 is 0 Å². The van der Waals surface area contributed by atoms with Gasteiger partial charge in [-0.1, -0.05) is 18.2 Å². The van der Waals surface area contributed by atoms with Crippen LogP contribution >= 0.6 is 0 Å². The van der Waals surface area contributed by atoms with Gasteiger partial charge < -0.3 is 14.2 Å². The van der Waals surface area contributed by atoms with Crippen LogP contribution in [0.25, 0.3) is 0 Å². The largest absolute Gasteiger partial charge is 0.497 e. The number of rotatable bonds is 8. The van der Waals surface area contributed by atoms with Crippen LogP contribution < -0.4 is 18.9 Å². The van der Waals surface area contributed by atoms with E-state index in [0.717, 1.165) is 22.6 Å². The predicted molar refractivity (Wildman–Crippen MR) is 94.8 cm³/mol. The van der Waals surface area contributed by atoms with Gasteiger partial charge in [0.1, 0.15) is 5.75 Å². The molecule has 134 valence electrons. The first kappa shape index (κ1) is 17.6. The third-order valence-corrected chi connectivity index (χ3v) is 5.35. The summed E-state index contributed by atoms with van der Waals surface area (Å²) in [5.74, 6) is 2.20. The fourth-order valence-electron chi connectivity index (χ4n) is 2.60. The van der Waals surface area contributed by atoms with Crippen LogP contribution in [0.5, 0.6) is 17.2 Å². The summed E-state index contributed by atoms with van der Waals surface area (Å²) in [6, 6.07) is 13.1. The molecule has 3 rings (SSSR count). The van der Waals surface area contributed by atoms with Crippen molar-refractivity contribution in [2.75, 3.05) is 26.2 Å². The third-order valence-electron chi connectivity index (χ3n) is 3.97. The number of ether oxygens (including phenoxy) is 3. The van der Waals surface area contributed by atoms with Gasteiger partial charge in [0.25, 0.3) is 0 Å². The lowest BCUT2D eigenvalue weighted by Crippen LogP contribution is -2.29. The van der Waals surface area contributed by atoms with E-state index in [4.69, 9.17) is 14.2 Å². The molecule has 25 heavy (non-hydrogen) atoms. The number of methoxy groups -OCH3 is 1. The highest BCUT2D eigenvalue weighted by Gasteiger charge is 2.14. The van der Waals surface area contributed by atoms with Crippen molar-refractivity contribution in [1.82, 2.24) is 4.72 Å². The molecule has 7 heteroatoms. The zero-order valence-electron chi connectivity index (χ0n) is 14.0. The quantitative estimate of drug-likeness (QED) is 0.778. The fraction of sp³-hybridized carbons (Fsp3) is 0.333. The Morgan fingerprint density at radius 2 is 1.84 bits per heavy atom. The van der Waals surface area contributed by atoms with Crippen LogP contribution in [-0.2, 0) is 22.9 Å². The average molecular weight is 363 g/mol. The molecule has 0 amide bonds. The van der Waals surface area contributed by atoms with E-state index in [9.17, 15) is 8.42 Å². The Labute approximate surface area is 147 Å². The predicted octanol–water partition coefficient (Wildman–Crippen LogP) is 2.13. The lowest BCUT2D eigenvalue weighted by molar-refractivity contribution is 0.174. The molecule has 1 aliphatic heterocycles. The molecule has 0 aliphatic carbocycles. The van der Waals surface area contributed by atoms with Gasteiger partial charge in [-0.2, -0.15) is 0 Å². The molecule has 2 aromatic rings. The molecule has 2 aromatic carbocycles. The summed E-state index contributed by atoms with van der Waals surface area (Å²) >= 11 is 0. The topological polar surface area (TPSA) is 73.9 Å². The van der Waals surface area contributed by atoms with E-state index < -0.39 is 10.0 Å². The van der Waals surface area contributed by atoms with Gasteiger partial charge in [-0.3, -0.25) is 0 Å². The molecule has 0 saturated heterocycles. The molecular weight excluding hydrogens is 342 g/mol. The van der Waals surface area contributed by atoms with Gasteiger partial charge in [0.15, 0.2) is 11.5 Å². The first-order valence-electron chi connectivity index (χ1n) is 8.04. The normalized spacial score (nSPS) is 13.0. The van der Waals surface area contributed by atoms with Crippen LogP contribution in [0.1, 0.15) is 11.1 Å². The Balaban J connectivity index is 1.48. The highest BCUT2D eigenvalue weighted by atomic mass is 32.2. The number of hydrogen-bond donors (Lipinski definition) is 1. The van der Waals surface area contributed by atoms with Gasteiger partial charge in [0.2, 0.25) is 16.8 Å². The molecular formula is C18H21NO5S. The Morgan fingerprint density at radius 3 is 2.68 bits per heavy atom. The minimum Gasteiger partial charge on any atom is -0.497 e. The summed E-state index contributed by atoms with van der Waals surface area (Å²) in [7, 11) is -1.74. The summed E-state index contributed by atoms with van der Waals surface area (Å²) < 4.78 is 42.7. The van der Waals surface area contributed by atoms with Gasteiger partial charge in [0.05, 0.1) is 12.9 Å². The molecule has 1 heterocycles. The number of aryl methyl sites for hydroxylation is 1. The van der Waals surface area contributed by atoms with E-state index in [-0.39, 0.29) is 12.5 Å². The lowest BCUT2D eigenvalue weighted by Gasteiger charge is -2.08. The first-order valence-corrected chi connectivity index (χ1v) is 9.70. The van der Waals surface area contributed by atoms with Crippen molar-refractivity contribution >= 4 is 10.0 Å². The van der Waals surface area contributed by atoms with Crippen molar-refractivity contribution in [3.8, 4) is 17.2 Å². The second kappa shape index (κ2) is 7.76. The third kappa shape index (κ3) is 4.87. The Morgan fingerprint density at radius 1 is 1.04 bits per heavy atom. The fourth-order valence-corrected chi connectivity index (χ4v) is 3.66. The minimum atomic E-state index is -3.33. The van der Waals surface area contributed by atoms with E-state index in [1.54, 1.807) is 7.11 Å². The van der Waals surface area contributed by atoms with Gasteiger partial charge in [-0.25, -0.2) is 13.1 Å². The van der Waals surface area contributed by atoms with E-state index in [0.29, 0.717) is 25.1 Å². The Kier molecular flexibility index (Phi) is 5.45. The smallest absolute Gasteiger partial charge is 0.231 e. The van der Waals surface area contributed by atoms with E-state index >= 15 is 0 Å². The Hall–Kier alpha value is -2.25. The first-order chi connectivity index (χ1) is 12.1. The van der Waals surface area contributed by atoms with Crippen LogP contribution in [-0.4, -0.2) is 34.6 Å². The summed E-state index contributed by atoms with van der Waals surface area (Å²) in [6.45, 7) is 0.579. The van der Waals surface area contributed by atoms with Crippen molar-refractivity contribution in [3.05, 3.63) is 53.6 Å². The van der Waals surface area contributed by atoms with Crippen LogP contribution in [0.4, 0.5) is 0 Å². The van der Waals surface area contributed by atoms with Crippen molar-refractivity contribution in [3.63, 3.8) is 0 Å². The highest BCUT2D eigenvalue weighted by molar-refractivity contribution is 7.89. The molecule has 6 nitrogen and oxygen atoms in total. The number of benzene rings is 2. The van der Waals surface area contributed by atoms with E-state index in [2.05, 4.69) is 4.72 Å². The maximum Gasteiger partial charge on any atom is 0.231 e. The van der Waals surface area contributed by atoms with Crippen LogP contribution in [0, 0.1) is 0 Å². The van der Waals surface area contributed by atoms with Crippen molar-refractivity contribution in [2.24, 2.45) is 0 Å². The van der Waals surface area contributed by atoms with Crippen LogP contribution in [0.3, 0.4) is 0 Å². The molecule has 0 saturated carbocycles. The summed E-state index contributed by atoms with van der Waals surface area (Å²) in [5, 5.41) is 0. The number of hydrogen-bond acceptors (Lipinski definition) is 5. The number of sulfonamides is 1. The summed E-state index contributed by atoms with van der Waals surface area (Å²) in [6.07, 6.45) is 1.03.